The van der Waals surface area contributed by atoms with E-state index in [1.54, 1.807) is 12.1 Å². The molecule has 0 bridgehead atoms. The van der Waals surface area contributed by atoms with Gasteiger partial charge in [-0.2, -0.15) is 10.5 Å². The van der Waals surface area contributed by atoms with Crippen molar-refractivity contribution in [3.05, 3.63) is 59.2 Å². The maximum absolute atomic E-state index is 9.20. The van der Waals surface area contributed by atoms with Gasteiger partial charge >= 0.3 is 0 Å². The summed E-state index contributed by atoms with van der Waals surface area (Å²) in [6.45, 7) is 1.98. The Bertz CT molecular complexity index is 673. The second kappa shape index (κ2) is 5.25. The van der Waals surface area contributed by atoms with Gasteiger partial charge in [0.15, 0.2) is 0 Å². The van der Waals surface area contributed by atoms with Crippen LogP contribution in [0.3, 0.4) is 0 Å². The third kappa shape index (κ3) is 2.41. The van der Waals surface area contributed by atoms with E-state index in [1.807, 2.05) is 49.2 Å². The molecule has 0 unspecified atom stereocenters. The van der Waals surface area contributed by atoms with Gasteiger partial charge in [0.1, 0.15) is 6.07 Å². The van der Waals surface area contributed by atoms with Gasteiger partial charge in [0, 0.05) is 12.7 Å². The molecule has 3 nitrogen and oxygen atoms in total. The minimum absolute atomic E-state index is 0.627. The lowest BCUT2D eigenvalue weighted by molar-refractivity contribution is 1.17. The van der Waals surface area contributed by atoms with Crippen LogP contribution in [0.4, 0.5) is 11.4 Å². The van der Waals surface area contributed by atoms with Gasteiger partial charge in [-0.05, 0) is 42.8 Å². The smallest absolute Gasteiger partial charge is 0.101 e. The molecule has 2 aromatic rings. The van der Waals surface area contributed by atoms with E-state index in [0.717, 1.165) is 16.9 Å². The predicted molar refractivity (Wildman–Crippen MR) is 75.1 cm³/mol. The van der Waals surface area contributed by atoms with Crippen LogP contribution in [0.25, 0.3) is 0 Å². The first-order chi connectivity index (χ1) is 9.17. The topological polar surface area (TPSA) is 50.8 Å². The summed E-state index contributed by atoms with van der Waals surface area (Å²) >= 11 is 0. The lowest BCUT2D eigenvalue weighted by Gasteiger charge is -2.22. The van der Waals surface area contributed by atoms with Crippen molar-refractivity contribution in [2.45, 2.75) is 6.92 Å². The normalized spacial score (nSPS) is 9.47. The standard InChI is InChI=1S/C16H13N3/c1-12-4-3-5-14(11-18)16(12)19(2)15-8-6-13(10-17)7-9-15/h3-9H,1-2H3. The van der Waals surface area contributed by atoms with Gasteiger partial charge < -0.3 is 4.90 Å². The molecule has 0 saturated heterocycles. The van der Waals surface area contributed by atoms with Crippen LogP contribution < -0.4 is 4.90 Å². The molecular formula is C16H13N3. The first-order valence-corrected chi connectivity index (χ1v) is 5.91. The summed E-state index contributed by atoms with van der Waals surface area (Å²) < 4.78 is 0. The molecule has 0 N–H and O–H groups in total. The van der Waals surface area contributed by atoms with Crippen LogP contribution in [-0.2, 0) is 0 Å². The first-order valence-electron chi connectivity index (χ1n) is 5.91. The van der Waals surface area contributed by atoms with Crippen molar-refractivity contribution in [2.75, 3.05) is 11.9 Å². The van der Waals surface area contributed by atoms with Crippen molar-refractivity contribution in [1.82, 2.24) is 0 Å². The number of rotatable bonds is 2. The number of hydrogen-bond acceptors (Lipinski definition) is 3. The molecule has 0 radical (unpaired) electrons. The predicted octanol–water partition coefficient (Wildman–Crippen LogP) is 3.51. The highest BCUT2D eigenvalue weighted by Crippen LogP contribution is 2.30. The molecule has 2 rings (SSSR count). The molecule has 92 valence electrons. The van der Waals surface area contributed by atoms with Crippen molar-refractivity contribution in [3.63, 3.8) is 0 Å². The van der Waals surface area contributed by atoms with Gasteiger partial charge in [-0.3, -0.25) is 0 Å². The zero-order valence-corrected chi connectivity index (χ0v) is 10.9. The fraction of sp³-hybridized carbons (Fsp3) is 0.125. The van der Waals surface area contributed by atoms with Crippen LogP contribution in [0.2, 0.25) is 0 Å². The quantitative estimate of drug-likeness (QED) is 0.816. The lowest BCUT2D eigenvalue weighted by atomic mass is 10.1. The fourth-order valence-electron chi connectivity index (χ4n) is 2.08. The molecule has 0 saturated carbocycles. The number of hydrogen-bond donors (Lipinski definition) is 0. The second-order valence-corrected chi connectivity index (χ2v) is 4.30. The van der Waals surface area contributed by atoms with Gasteiger partial charge in [-0.15, -0.1) is 0 Å². The van der Waals surface area contributed by atoms with Crippen molar-refractivity contribution >= 4 is 11.4 Å². The fourth-order valence-corrected chi connectivity index (χ4v) is 2.08. The molecule has 19 heavy (non-hydrogen) atoms. The van der Waals surface area contributed by atoms with Crippen molar-refractivity contribution in [3.8, 4) is 12.1 Å². The van der Waals surface area contributed by atoms with E-state index < -0.39 is 0 Å². The van der Waals surface area contributed by atoms with E-state index in [9.17, 15) is 5.26 Å². The summed E-state index contributed by atoms with van der Waals surface area (Å²) in [5, 5.41) is 18.0. The summed E-state index contributed by atoms with van der Waals surface area (Å²) in [5.41, 5.74) is 4.17. The molecule has 0 amide bonds. The molecule has 0 spiro atoms. The molecule has 0 aliphatic rings. The van der Waals surface area contributed by atoms with E-state index in [0.29, 0.717) is 11.1 Å². The zero-order valence-electron chi connectivity index (χ0n) is 10.9. The van der Waals surface area contributed by atoms with Gasteiger partial charge in [0.25, 0.3) is 0 Å². The third-order valence-electron chi connectivity index (χ3n) is 3.08. The summed E-state index contributed by atoms with van der Waals surface area (Å²) in [6.07, 6.45) is 0. The molecule has 0 heterocycles. The van der Waals surface area contributed by atoms with Crippen molar-refractivity contribution < 1.29 is 0 Å². The molecule has 0 aliphatic heterocycles. The van der Waals surface area contributed by atoms with Gasteiger partial charge in [0.05, 0.1) is 22.9 Å². The third-order valence-corrected chi connectivity index (χ3v) is 3.08. The van der Waals surface area contributed by atoms with Crippen LogP contribution in [0.1, 0.15) is 16.7 Å². The maximum atomic E-state index is 9.20. The number of benzene rings is 2. The summed E-state index contributed by atoms with van der Waals surface area (Å²) in [4.78, 5) is 1.97. The summed E-state index contributed by atoms with van der Waals surface area (Å²) in [6, 6.07) is 17.3. The molecule has 0 aromatic heterocycles. The second-order valence-electron chi connectivity index (χ2n) is 4.30. The Labute approximate surface area is 112 Å². The highest BCUT2D eigenvalue weighted by atomic mass is 15.1. The molecule has 0 atom stereocenters. The summed E-state index contributed by atoms with van der Waals surface area (Å²) in [5.74, 6) is 0. The average molecular weight is 247 g/mol. The number of anilines is 2. The highest BCUT2D eigenvalue weighted by Gasteiger charge is 2.11. The van der Waals surface area contributed by atoms with E-state index in [-0.39, 0.29) is 0 Å². The maximum Gasteiger partial charge on any atom is 0.101 e. The molecule has 3 heteroatoms. The Morgan fingerprint density at radius 1 is 0.947 bits per heavy atom. The molecule has 2 aromatic carbocycles. The Balaban J connectivity index is 2.47. The monoisotopic (exact) mass is 247 g/mol. The number of nitrogens with zero attached hydrogens (tertiary/aromatic N) is 3. The Morgan fingerprint density at radius 2 is 1.63 bits per heavy atom. The SMILES string of the molecule is Cc1cccc(C#N)c1N(C)c1ccc(C#N)cc1. The highest BCUT2D eigenvalue weighted by molar-refractivity contribution is 5.72. The van der Waals surface area contributed by atoms with E-state index in [2.05, 4.69) is 12.1 Å². The number of para-hydroxylation sites is 1. The van der Waals surface area contributed by atoms with E-state index >= 15 is 0 Å². The zero-order chi connectivity index (χ0) is 13.8. The minimum atomic E-state index is 0.627. The Morgan fingerprint density at radius 3 is 2.21 bits per heavy atom. The lowest BCUT2D eigenvalue weighted by Crippen LogP contribution is -2.12. The molecular weight excluding hydrogens is 234 g/mol. The molecule has 0 fully saturated rings. The van der Waals surface area contributed by atoms with Crippen molar-refractivity contribution in [2.24, 2.45) is 0 Å². The molecule has 0 aliphatic carbocycles. The van der Waals surface area contributed by atoms with Crippen molar-refractivity contribution in [1.29, 1.82) is 10.5 Å². The van der Waals surface area contributed by atoms with Gasteiger partial charge in [-0.25, -0.2) is 0 Å². The van der Waals surface area contributed by atoms with E-state index in [1.165, 1.54) is 0 Å². The largest absolute Gasteiger partial charge is 0.343 e. The Hall–Kier alpha value is -2.78. The van der Waals surface area contributed by atoms with Crippen LogP contribution in [0, 0.1) is 29.6 Å². The number of nitriles is 2. The van der Waals surface area contributed by atoms with Crippen LogP contribution in [0.5, 0.6) is 0 Å². The first kappa shape index (κ1) is 12.7. The van der Waals surface area contributed by atoms with Crippen LogP contribution >= 0.6 is 0 Å². The minimum Gasteiger partial charge on any atom is -0.343 e. The number of aryl methyl sites for hydroxylation is 1. The van der Waals surface area contributed by atoms with Crippen LogP contribution in [-0.4, -0.2) is 7.05 Å². The van der Waals surface area contributed by atoms with E-state index in [4.69, 9.17) is 5.26 Å². The van der Waals surface area contributed by atoms with Gasteiger partial charge in [-0.1, -0.05) is 12.1 Å². The summed E-state index contributed by atoms with van der Waals surface area (Å²) in [7, 11) is 1.92. The Kier molecular flexibility index (Phi) is 3.50. The average Bonchev–Trinajstić information content (AvgIpc) is 2.46. The van der Waals surface area contributed by atoms with Crippen LogP contribution in [0.15, 0.2) is 42.5 Å². The van der Waals surface area contributed by atoms with Gasteiger partial charge in [0.2, 0.25) is 0 Å².